The predicted molar refractivity (Wildman–Crippen MR) is 61.7 cm³/mol. The van der Waals surface area contributed by atoms with Gasteiger partial charge in [0, 0.05) is 11.6 Å². The molecule has 1 aliphatic rings. The average molecular weight is 201 g/mol. The molecule has 2 heteroatoms. The van der Waals surface area contributed by atoms with Crippen LogP contribution in [-0.2, 0) is 4.79 Å². The lowest BCUT2D eigenvalue weighted by atomic mass is 10.1. The Morgan fingerprint density at radius 2 is 1.93 bits per heavy atom. The van der Waals surface area contributed by atoms with Crippen molar-refractivity contribution in [1.29, 1.82) is 0 Å². The Bertz CT molecular complexity index is 403. The smallest absolute Gasteiger partial charge is 0.181 e. The van der Waals surface area contributed by atoms with Gasteiger partial charge in [-0.25, -0.2) is 0 Å². The van der Waals surface area contributed by atoms with Crippen LogP contribution in [0.5, 0.6) is 0 Å². The predicted octanol–water partition coefficient (Wildman–Crippen LogP) is 2.90. The van der Waals surface area contributed by atoms with Crippen LogP contribution < -0.4 is 5.32 Å². The second-order valence-corrected chi connectivity index (χ2v) is 4.11. The number of hydrogen-bond acceptors (Lipinski definition) is 2. The number of nitrogens with one attached hydrogen (secondary N) is 1. The molecule has 0 spiro atoms. The standard InChI is InChI=1S/C13H15NO/c1-9-3-6-11(7-4-9)14-12-8-5-10(2)13(12)15/h3-4,6-8,10,14H,5H2,1-2H3. The molecule has 0 saturated carbocycles. The fourth-order valence-electron chi connectivity index (χ4n) is 1.67. The van der Waals surface area contributed by atoms with Crippen molar-refractivity contribution >= 4 is 11.5 Å². The zero-order valence-electron chi connectivity index (χ0n) is 9.08. The van der Waals surface area contributed by atoms with Crippen molar-refractivity contribution in [2.24, 2.45) is 5.92 Å². The van der Waals surface area contributed by atoms with E-state index in [0.29, 0.717) is 0 Å². The van der Waals surface area contributed by atoms with Crippen LogP contribution in [-0.4, -0.2) is 5.78 Å². The van der Waals surface area contributed by atoms with Crippen molar-refractivity contribution in [3.05, 3.63) is 41.6 Å². The minimum absolute atomic E-state index is 0.137. The maximum absolute atomic E-state index is 11.6. The van der Waals surface area contributed by atoms with Crippen molar-refractivity contribution in [2.45, 2.75) is 20.3 Å². The van der Waals surface area contributed by atoms with E-state index >= 15 is 0 Å². The molecule has 1 N–H and O–H groups in total. The van der Waals surface area contributed by atoms with Gasteiger partial charge in [-0.05, 0) is 25.5 Å². The number of carbonyl (C=O) groups excluding carboxylic acids is 1. The van der Waals surface area contributed by atoms with Gasteiger partial charge in [-0.2, -0.15) is 0 Å². The largest absolute Gasteiger partial charge is 0.353 e. The Balaban J connectivity index is 2.10. The second-order valence-electron chi connectivity index (χ2n) is 4.11. The maximum Gasteiger partial charge on any atom is 0.181 e. The summed E-state index contributed by atoms with van der Waals surface area (Å²) in [5, 5.41) is 3.16. The van der Waals surface area contributed by atoms with Crippen LogP contribution in [0.2, 0.25) is 0 Å². The monoisotopic (exact) mass is 201 g/mol. The van der Waals surface area contributed by atoms with Crippen molar-refractivity contribution in [3.63, 3.8) is 0 Å². The Kier molecular flexibility index (Phi) is 2.58. The van der Waals surface area contributed by atoms with Crippen molar-refractivity contribution in [3.8, 4) is 0 Å². The van der Waals surface area contributed by atoms with Crippen LogP contribution >= 0.6 is 0 Å². The fourth-order valence-corrected chi connectivity index (χ4v) is 1.67. The number of anilines is 1. The first-order valence-electron chi connectivity index (χ1n) is 5.25. The minimum Gasteiger partial charge on any atom is -0.353 e. The van der Waals surface area contributed by atoms with Crippen LogP contribution in [0.25, 0.3) is 0 Å². The number of Topliss-reactive ketones (excluding diaryl/α,β-unsaturated/α-hetero) is 1. The van der Waals surface area contributed by atoms with Crippen molar-refractivity contribution < 1.29 is 4.79 Å². The Morgan fingerprint density at radius 1 is 1.27 bits per heavy atom. The number of benzene rings is 1. The van der Waals surface area contributed by atoms with Gasteiger partial charge in [0.2, 0.25) is 0 Å². The highest BCUT2D eigenvalue weighted by Crippen LogP contribution is 2.22. The van der Waals surface area contributed by atoms with Crippen molar-refractivity contribution in [2.75, 3.05) is 5.32 Å². The van der Waals surface area contributed by atoms with Gasteiger partial charge in [-0.15, -0.1) is 0 Å². The minimum atomic E-state index is 0.137. The summed E-state index contributed by atoms with van der Waals surface area (Å²) in [5.41, 5.74) is 2.95. The first-order valence-corrected chi connectivity index (χ1v) is 5.25. The van der Waals surface area contributed by atoms with Gasteiger partial charge in [0.05, 0.1) is 5.70 Å². The maximum atomic E-state index is 11.6. The third-order valence-corrected chi connectivity index (χ3v) is 2.72. The first kappa shape index (κ1) is 9.97. The van der Waals surface area contributed by atoms with E-state index in [9.17, 15) is 4.79 Å². The molecule has 0 amide bonds. The van der Waals surface area contributed by atoms with E-state index < -0.39 is 0 Å². The van der Waals surface area contributed by atoms with Gasteiger partial charge in [-0.1, -0.05) is 30.7 Å². The number of rotatable bonds is 2. The highest BCUT2D eigenvalue weighted by molar-refractivity contribution is 6.01. The fraction of sp³-hybridized carbons (Fsp3) is 0.308. The molecule has 1 atom stereocenters. The third kappa shape index (κ3) is 2.09. The topological polar surface area (TPSA) is 29.1 Å². The van der Waals surface area contributed by atoms with Crippen LogP contribution in [0.3, 0.4) is 0 Å². The quantitative estimate of drug-likeness (QED) is 0.797. The summed E-state index contributed by atoms with van der Waals surface area (Å²) in [4.78, 5) is 11.6. The molecule has 0 aliphatic heterocycles. The summed E-state index contributed by atoms with van der Waals surface area (Å²) in [6, 6.07) is 8.05. The van der Waals surface area contributed by atoms with Crippen molar-refractivity contribution in [1.82, 2.24) is 0 Å². The lowest BCUT2D eigenvalue weighted by Gasteiger charge is -2.07. The number of hydrogen-bond donors (Lipinski definition) is 1. The molecular formula is C13H15NO. The van der Waals surface area contributed by atoms with E-state index in [0.717, 1.165) is 17.8 Å². The average Bonchev–Trinajstić information content (AvgIpc) is 2.53. The second kappa shape index (κ2) is 3.89. The Labute approximate surface area is 90.0 Å². The highest BCUT2D eigenvalue weighted by Gasteiger charge is 2.22. The molecule has 0 fully saturated rings. The van der Waals surface area contributed by atoms with Gasteiger partial charge in [0.15, 0.2) is 5.78 Å². The molecule has 0 saturated heterocycles. The number of aryl methyl sites for hydroxylation is 1. The van der Waals surface area contributed by atoms with Gasteiger partial charge < -0.3 is 5.32 Å². The van der Waals surface area contributed by atoms with Gasteiger partial charge in [-0.3, -0.25) is 4.79 Å². The normalized spacial score (nSPS) is 20.3. The van der Waals surface area contributed by atoms with Crippen LogP contribution in [0.15, 0.2) is 36.0 Å². The van der Waals surface area contributed by atoms with Crippen LogP contribution in [0, 0.1) is 12.8 Å². The third-order valence-electron chi connectivity index (χ3n) is 2.72. The summed E-state index contributed by atoms with van der Waals surface area (Å²) in [7, 11) is 0. The molecule has 1 aromatic carbocycles. The Morgan fingerprint density at radius 3 is 2.47 bits per heavy atom. The molecule has 0 bridgehead atoms. The lowest BCUT2D eigenvalue weighted by Crippen LogP contribution is -2.12. The highest BCUT2D eigenvalue weighted by atomic mass is 16.1. The van der Waals surface area contributed by atoms with E-state index in [1.54, 1.807) is 0 Å². The van der Waals surface area contributed by atoms with E-state index in [4.69, 9.17) is 0 Å². The first-order chi connectivity index (χ1) is 7.16. The van der Waals surface area contributed by atoms with Gasteiger partial charge in [0.25, 0.3) is 0 Å². The van der Waals surface area contributed by atoms with Crippen LogP contribution in [0.1, 0.15) is 18.9 Å². The Hall–Kier alpha value is -1.57. The summed E-state index contributed by atoms with van der Waals surface area (Å²) >= 11 is 0. The molecule has 1 aliphatic carbocycles. The summed E-state index contributed by atoms with van der Waals surface area (Å²) in [6.45, 7) is 4.01. The molecule has 2 rings (SSSR count). The number of allylic oxidation sites excluding steroid dienone is 2. The van der Waals surface area contributed by atoms with E-state index in [-0.39, 0.29) is 11.7 Å². The summed E-state index contributed by atoms with van der Waals surface area (Å²) in [5.74, 6) is 0.355. The van der Waals surface area contributed by atoms with Gasteiger partial charge >= 0.3 is 0 Å². The molecule has 0 heterocycles. The zero-order chi connectivity index (χ0) is 10.8. The molecule has 1 unspecified atom stereocenters. The molecule has 78 valence electrons. The SMILES string of the molecule is Cc1ccc(NC2=CCC(C)C2=O)cc1. The van der Waals surface area contributed by atoms with E-state index in [1.807, 2.05) is 44.2 Å². The molecule has 15 heavy (non-hydrogen) atoms. The molecule has 0 radical (unpaired) electrons. The number of ketones is 1. The van der Waals surface area contributed by atoms with E-state index in [2.05, 4.69) is 5.32 Å². The zero-order valence-corrected chi connectivity index (χ0v) is 9.08. The van der Waals surface area contributed by atoms with Gasteiger partial charge in [0.1, 0.15) is 0 Å². The molecule has 1 aromatic rings. The van der Waals surface area contributed by atoms with E-state index in [1.165, 1.54) is 5.56 Å². The molecule has 2 nitrogen and oxygen atoms in total. The van der Waals surface area contributed by atoms with Crippen LogP contribution in [0.4, 0.5) is 5.69 Å². The molecular weight excluding hydrogens is 186 g/mol. The summed E-state index contributed by atoms with van der Waals surface area (Å²) in [6.07, 6.45) is 2.83. The molecule has 0 aromatic heterocycles. The summed E-state index contributed by atoms with van der Waals surface area (Å²) < 4.78 is 0. The number of carbonyl (C=O) groups is 1. The lowest BCUT2D eigenvalue weighted by molar-refractivity contribution is -0.117.